The molecule has 8 heteroatoms. The minimum atomic E-state index is -0.500. The fourth-order valence-electron chi connectivity index (χ4n) is 3.49. The van der Waals surface area contributed by atoms with Crippen molar-refractivity contribution in [2.45, 2.75) is 18.4 Å². The van der Waals surface area contributed by atoms with Crippen LogP contribution in [0.5, 0.6) is 0 Å². The molecule has 2 amide bonds. The monoisotopic (exact) mass is 329 g/mol. The van der Waals surface area contributed by atoms with Crippen LogP contribution in [0.15, 0.2) is 40.2 Å². The first-order valence-electron chi connectivity index (χ1n) is 8.10. The van der Waals surface area contributed by atoms with Crippen LogP contribution in [-0.4, -0.2) is 56.5 Å². The molecule has 0 spiro atoms. The molecule has 0 bridgehead atoms. The zero-order chi connectivity index (χ0) is 16.7. The van der Waals surface area contributed by atoms with Crippen molar-refractivity contribution in [3.8, 4) is 0 Å². The highest BCUT2D eigenvalue weighted by atomic mass is 16.2. The fourth-order valence-corrected chi connectivity index (χ4v) is 3.49. The van der Waals surface area contributed by atoms with E-state index >= 15 is 0 Å². The maximum atomic E-state index is 12.6. The van der Waals surface area contributed by atoms with Gasteiger partial charge in [0.25, 0.3) is 5.56 Å². The lowest BCUT2D eigenvalue weighted by atomic mass is 10.1. The van der Waals surface area contributed by atoms with Gasteiger partial charge in [0, 0.05) is 56.3 Å². The number of urea groups is 1. The molecule has 2 aromatic heterocycles. The molecular formula is C16H19N5O3. The van der Waals surface area contributed by atoms with Crippen molar-refractivity contribution in [3.63, 3.8) is 0 Å². The number of hydrogen-bond acceptors (Lipinski definition) is 3. The highest BCUT2D eigenvalue weighted by molar-refractivity contribution is 5.75. The normalized spacial score (nSPS) is 21.1. The van der Waals surface area contributed by atoms with Gasteiger partial charge in [-0.05, 0) is 18.6 Å². The molecule has 2 fully saturated rings. The van der Waals surface area contributed by atoms with Crippen molar-refractivity contribution < 1.29 is 4.79 Å². The molecule has 2 N–H and O–H groups in total. The number of rotatable bonds is 2. The molecule has 0 aromatic carbocycles. The van der Waals surface area contributed by atoms with Crippen molar-refractivity contribution in [2.75, 3.05) is 26.2 Å². The van der Waals surface area contributed by atoms with Crippen LogP contribution < -0.4 is 11.2 Å². The number of nitrogens with zero attached hydrogens (tertiary/aromatic N) is 3. The van der Waals surface area contributed by atoms with Gasteiger partial charge in [-0.25, -0.2) is 9.59 Å². The number of aromatic nitrogens is 3. The van der Waals surface area contributed by atoms with E-state index in [1.165, 1.54) is 6.07 Å². The summed E-state index contributed by atoms with van der Waals surface area (Å²) in [5.74, 6) is 0.00507. The van der Waals surface area contributed by atoms with E-state index in [9.17, 15) is 14.4 Å². The quantitative estimate of drug-likeness (QED) is 0.831. The van der Waals surface area contributed by atoms with E-state index in [4.69, 9.17) is 0 Å². The van der Waals surface area contributed by atoms with Crippen molar-refractivity contribution >= 4 is 6.03 Å². The largest absolute Gasteiger partial charge is 0.348 e. The molecule has 2 aliphatic rings. The summed E-state index contributed by atoms with van der Waals surface area (Å²) < 4.78 is 2.12. The first kappa shape index (κ1) is 14.8. The van der Waals surface area contributed by atoms with Gasteiger partial charge in [0.05, 0.1) is 6.04 Å². The number of nitrogens with one attached hydrogen (secondary N) is 2. The van der Waals surface area contributed by atoms with Crippen LogP contribution in [0.2, 0.25) is 0 Å². The van der Waals surface area contributed by atoms with Gasteiger partial charge in [0.15, 0.2) is 0 Å². The molecule has 1 atom stereocenters. The first-order chi connectivity index (χ1) is 11.6. The molecular weight excluding hydrogens is 310 g/mol. The van der Waals surface area contributed by atoms with Gasteiger partial charge in [-0.1, -0.05) is 0 Å². The maximum absolute atomic E-state index is 12.6. The van der Waals surface area contributed by atoms with Crippen LogP contribution in [0.1, 0.15) is 24.1 Å². The molecule has 0 aliphatic carbocycles. The van der Waals surface area contributed by atoms with Crippen LogP contribution in [0.25, 0.3) is 0 Å². The third-order valence-electron chi connectivity index (χ3n) is 4.86. The Balaban J connectivity index is 1.38. The van der Waals surface area contributed by atoms with E-state index in [0.717, 1.165) is 19.5 Å². The lowest BCUT2D eigenvalue weighted by Gasteiger charge is -2.41. The number of H-pyrrole nitrogens is 2. The molecule has 24 heavy (non-hydrogen) atoms. The average molecular weight is 329 g/mol. The second-order valence-corrected chi connectivity index (χ2v) is 6.45. The number of amides is 2. The van der Waals surface area contributed by atoms with E-state index in [2.05, 4.69) is 14.5 Å². The van der Waals surface area contributed by atoms with E-state index in [1.807, 2.05) is 29.4 Å². The third-order valence-corrected chi connectivity index (χ3v) is 4.86. The van der Waals surface area contributed by atoms with Crippen LogP contribution in [-0.2, 0) is 0 Å². The van der Waals surface area contributed by atoms with Gasteiger partial charge in [-0.2, -0.15) is 0 Å². The molecule has 4 heterocycles. The predicted molar refractivity (Wildman–Crippen MR) is 87.1 cm³/mol. The molecule has 4 rings (SSSR count). The summed E-state index contributed by atoms with van der Waals surface area (Å²) in [6.45, 7) is 2.61. The second kappa shape index (κ2) is 5.70. The van der Waals surface area contributed by atoms with Crippen molar-refractivity contribution in [1.29, 1.82) is 0 Å². The summed E-state index contributed by atoms with van der Waals surface area (Å²) >= 11 is 0. The second-order valence-electron chi connectivity index (χ2n) is 6.45. The highest BCUT2D eigenvalue weighted by Crippen LogP contribution is 2.28. The summed E-state index contributed by atoms with van der Waals surface area (Å²) in [7, 11) is 0. The topological polar surface area (TPSA) is 94.2 Å². The maximum Gasteiger partial charge on any atom is 0.325 e. The minimum Gasteiger partial charge on any atom is -0.348 e. The van der Waals surface area contributed by atoms with E-state index in [-0.39, 0.29) is 11.9 Å². The molecule has 126 valence electrons. The number of carbonyl (C=O) groups is 1. The first-order valence-corrected chi connectivity index (χ1v) is 8.10. The van der Waals surface area contributed by atoms with E-state index in [1.54, 1.807) is 4.90 Å². The molecule has 2 aromatic rings. The van der Waals surface area contributed by atoms with E-state index < -0.39 is 11.2 Å². The Kier molecular flexibility index (Phi) is 3.51. The molecule has 8 nitrogen and oxygen atoms in total. The van der Waals surface area contributed by atoms with Crippen LogP contribution in [0.3, 0.4) is 0 Å². The SMILES string of the molecule is O=C(N1CCC(c2cc(=O)[nH]c(=O)[nH]2)C1)N1CC(n2cccc2)C1. The summed E-state index contributed by atoms with van der Waals surface area (Å²) in [6.07, 6.45) is 4.78. The molecule has 0 saturated carbocycles. The predicted octanol–water partition coefficient (Wildman–Crippen LogP) is 0.331. The summed E-state index contributed by atoms with van der Waals surface area (Å²) in [5, 5.41) is 0. The van der Waals surface area contributed by atoms with Gasteiger partial charge in [-0.15, -0.1) is 0 Å². The molecule has 1 unspecified atom stereocenters. The Hall–Kier alpha value is -2.77. The van der Waals surface area contributed by atoms with Crippen LogP contribution in [0.4, 0.5) is 4.79 Å². The van der Waals surface area contributed by atoms with E-state index in [0.29, 0.717) is 24.8 Å². The lowest BCUT2D eigenvalue weighted by molar-refractivity contribution is 0.0997. The summed E-state index contributed by atoms with van der Waals surface area (Å²) in [4.78, 5) is 43.9. The van der Waals surface area contributed by atoms with Crippen LogP contribution >= 0.6 is 0 Å². The Labute approximate surface area is 137 Å². The zero-order valence-electron chi connectivity index (χ0n) is 13.1. The lowest BCUT2D eigenvalue weighted by Crippen LogP contribution is -2.54. The molecule has 2 saturated heterocycles. The number of hydrogen-bond donors (Lipinski definition) is 2. The average Bonchev–Trinajstić information content (AvgIpc) is 3.16. The summed E-state index contributed by atoms with van der Waals surface area (Å²) in [6, 6.07) is 5.76. The smallest absolute Gasteiger partial charge is 0.325 e. The molecule has 0 radical (unpaired) electrons. The highest BCUT2D eigenvalue weighted by Gasteiger charge is 2.37. The van der Waals surface area contributed by atoms with Gasteiger partial charge >= 0.3 is 11.7 Å². The van der Waals surface area contributed by atoms with Crippen molar-refractivity contribution in [3.05, 3.63) is 57.1 Å². The Morgan fingerprint density at radius 1 is 1.04 bits per heavy atom. The van der Waals surface area contributed by atoms with Gasteiger partial charge in [0.2, 0.25) is 0 Å². The van der Waals surface area contributed by atoms with Crippen molar-refractivity contribution in [1.82, 2.24) is 24.3 Å². The molecule has 2 aliphatic heterocycles. The Morgan fingerprint density at radius 3 is 2.50 bits per heavy atom. The summed E-state index contributed by atoms with van der Waals surface area (Å²) in [5.41, 5.74) is -0.303. The third kappa shape index (κ3) is 2.64. The van der Waals surface area contributed by atoms with Crippen LogP contribution in [0, 0.1) is 0 Å². The fraction of sp³-hybridized carbons (Fsp3) is 0.438. The Bertz CT molecular complexity index is 819. The standard InChI is InChI=1S/C16H19N5O3/c22-14-7-13(17-15(23)18-14)11-3-6-20(8-11)16(24)21-9-12(10-21)19-4-1-2-5-19/h1-2,4-5,7,11-12H,3,6,8-10H2,(H2,17,18,22,23). The zero-order valence-corrected chi connectivity index (χ0v) is 13.1. The van der Waals surface area contributed by atoms with Gasteiger partial charge in [0.1, 0.15) is 0 Å². The van der Waals surface area contributed by atoms with Gasteiger partial charge in [-0.3, -0.25) is 9.78 Å². The number of aromatic amines is 2. The number of likely N-dealkylation sites (tertiary alicyclic amines) is 2. The van der Waals surface area contributed by atoms with Gasteiger partial charge < -0.3 is 19.4 Å². The number of carbonyl (C=O) groups excluding carboxylic acids is 1. The minimum absolute atomic E-state index is 0.00507. The van der Waals surface area contributed by atoms with Crippen molar-refractivity contribution in [2.24, 2.45) is 0 Å². The Morgan fingerprint density at radius 2 is 1.79 bits per heavy atom.